The first-order valence-corrected chi connectivity index (χ1v) is 10.7. The van der Waals surface area contributed by atoms with Gasteiger partial charge in [0.2, 0.25) is 11.8 Å². The van der Waals surface area contributed by atoms with Crippen LogP contribution in [0.2, 0.25) is 0 Å². The van der Waals surface area contributed by atoms with Crippen LogP contribution >= 0.6 is 0 Å². The number of nitrogens with zero attached hydrogens (tertiary/aromatic N) is 3. The molecule has 1 amide bonds. The monoisotopic (exact) mass is 470 g/mol. The molecule has 2 bridgehead atoms. The lowest BCUT2D eigenvalue weighted by Gasteiger charge is -2.29. The SMILES string of the molecule is COC(=C(C#N)C#N)c1ccc(CC(=O)Nc2cc(C34CCC(C(F)(F)F)(CC3)C4)no2)cc1. The van der Waals surface area contributed by atoms with E-state index in [1.54, 1.807) is 36.4 Å². The number of allylic oxidation sites excluding steroid dienone is 1. The van der Waals surface area contributed by atoms with Crippen LogP contribution in [0.1, 0.15) is 48.9 Å². The van der Waals surface area contributed by atoms with Crippen molar-refractivity contribution in [2.45, 2.75) is 50.1 Å². The highest BCUT2D eigenvalue weighted by molar-refractivity contribution is 5.91. The summed E-state index contributed by atoms with van der Waals surface area (Å²) < 4.78 is 51.0. The fraction of sp³-hybridized carbons (Fsp3) is 0.417. The third-order valence-corrected chi connectivity index (χ3v) is 6.99. The first-order valence-electron chi connectivity index (χ1n) is 10.7. The molecule has 176 valence electrons. The molecule has 7 nitrogen and oxygen atoms in total. The van der Waals surface area contributed by atoms with Crippen molar-refractivity contribution in [2.24, 2.45) is 5.41 Å². The van der Waals surface area contributed by atoms with Crippen molar-refractivity contribution in [1.82, 2.24) is 5.16 Å². The van der Waals surface area contributed by atoms with E-state index in [1.807, 2.05) is 0 Å². The molecule has 4 rings (SSSR count). The van der Waals surface area contributed by atoms with E-state index < -0.39 is 17.0 Å². The van der Waals surface area contributed by atoms with Gasteiger partial charge < -0.3 is 9.26 Å². The van der Waals surface area contributed by atoms with Crippen LogP contribution in [0.15, 0.2) is 40.4 Å². The average molecular weight is 470 g/mol. The Balaban J connectivity index is 1.41. The van der Waals surface area contributed by atoms with Gasteiger partial charge in [-0.3, -0.25) is 10.1 Å². The van der Waals surface area contributed by atoms with Gasteiger partial charge in [0.25, 0.3) is 0 Å². The summed E-state index contributed by atoms with van der Waals surface area (Å²) in [6.07, 6.45) is -3.24. The minimum Gasteiger partial charge on any atom is -0.494 e. The van der Waals surface area contributed by atoms with Crippen LogP contribution in [0.25, 0.3) is 5.76 Å². The van der Waals surface area contributed by atoms with Crippen LogP contribution in [0.4, 0.5) is 19.1 Å². The van der Waals surface area contributed by atoms with Gasteiger partial charge in [-0.15, -0.1) is 0 Å². The van der Waals surface area contributed by atoms with Crippen molar-refractivity contribution >= 4 is 17.6 Å². The highest BCUT2D eigenvalue weighted by Crippen LogP contribution is 2.67. The second kappa shape index (κ2) is 8.53. The van der Waals surface area contributed by atoms with Gasteiger partial charge in [0.1, 0.15) is 12.1 Å². The van der Waals surface area contributed by atoms with E-state index in [0.717, 1.165) is 0 Å². The number of ether oxygens (including phenoxy) is 1. The number of benzene rings is 1. The summed E-state index contributed by atoms with van der Waals surface area (Å²) in [4.78, 5) is 12.5. The van der Waals surface area contributed by atoms with Crippen molar-refractivity contribution in [3.8, 4) is 12.1 Å². The molecule has 2 aromatic rings. The van der Waals surface area contributed by atoms with E-state index in [4.69, 9.17) is 19.8 Å². The fourth-order valence-corrected chi connectivity index (χ4v) is 5.15. The third kappa shape index (κ3) is 4.01. The summed E-state index contributed by atoms with van der Waals surface area (Å²) in [5, 5.41) is 24.6. The Kier molecular flexibility index (Phi) is 5.86. The van der Waals surface area contributed by atoms with Crippen LogP contribution in [0, 0.1) is 28.1 Å². The van der Waals surface area contributed by atoms with Gasteiger partial charge in [0.05, 0.1) is 24.6 Å². The number of amides is 1. The number of aromatic nitrogens is 1. The van der Waals surface area contributed by atoms with Gasteiger partial charge in [-0.25, -0.2) is 0 Å². The molecular weight excluding hydrogens is 449 g/mol. The number of rotatable bonds is 6. The molecule has 2 saturated carbocycles. The molecule has 0 aliphatic heterocycles. The van der Waals surface area contributed by atoms with Crippen molar-refractivity contribution in [3.63, 3.8) is 0 Å². The van der Waals surface area contributed by atoms with Gasteiger partial charge in [-0.05, 0) is 37.7 Å². The Morgan fingerprint density at radius 3 is 2.35 bits per heavy atom. The standard InChI is InChI=1S/C24H21F3N4O3/c1-33-21(17(12-28)13-29)16-4-2-15(3-5-16)10-19(32)30-20-11-18(31-34-20)22-6-8-23(14-22,9-7-22)24(25,26)27/h2-5,11H,6-10,14H2,1H3,(H,30,32). The number of halogens is 3. The zero-order chi connectivity index (χ0) is 24.6. The third-order valence-electron chi connectivity index (χ3n) is 6.99. The summed E-state index contributed by atoms with van der Waals surface area (Å²) in [5.41, 5.74) is -0.818. The molecule has 2 aliphatic carbocycles. The number of carbonyl (C=O) groups is 1. The number of nitriles is 2. The van der Waals surface area contributed by atoms with E-state index in [1.165, 1.54) is 13.2 Å². The summed E-state index contributed by atoms with van der Waals surface area (Å²) in [7, 11) is 1.36. The molecule has 2 fully saturated rings. The number of hydrogen-bond acceptors (Lipinski definition) is 6. The van der Waals surface area contributed by atoms with E-state index in [9.17, 15) is 18.0 Å². The number of nitrogens with one attached hydrogen (secondary N) is 1. The van der Waals surface area contributed by atoms with E-state index in [0.29, 0.717) is 29.7 Å². The average Bonchev–Trinajstić information content (AvgIpc) is 3.53. The van der Waals surface area contributed by atoms with Gasteiger partial charge in [0, 0.05) is 17.0 Å². The Morgan fingerprint density at radius 1 is 1.18 bits per heavy atom. The normalized spacial score (nSPS) is 23.1. The van der Waals surface area contributed by atoms with E-state index >= 15 is 0 Å². The lowest BCUT2D eigenvalue weighted by Crippen LogP contribution is -2.33. The molecule has 1 heterocycles. The molecule has 1 aromatic heterocycles. The summed E-state index contributed by atoms with van der Waals surface area (Å²) in [5.74, 6) is -0.143. The van der Waals surface area contributed by atoms with Crippen LogP contribution in [-0.4, -0.2) is 24.3 Å². The molecule has 10 heteroatoms. The Morgan fingerprint density at radius 2 is 1.82 bits per heavy atom. The van der Waals surface area contributed by atoms with Crippen LogP contribution in [-0.2, 0) is 21.4 Å². The molecule has 0 unspecified atom stereocenters. The van der Waals surface area contributed by atoms with E-state index in [2.05, 4.69) is 10.5 Å². The molecule has 0 spiro atoms. The first-order chi connectivity index (χ1) is 16.1. The van der Waals surface area contributed by atoms with Crippen molar-refractivity contribution in [2.75, 3.05) is 12.4 Å². The highest BCUT2D eigenvalue weighted by atomic mass is 19.4. The van der Waals surface area contributed by atoms with Crippen molar-refractivity contribution in [3.05, 3.63) is 52.7 Å². The molecule has 2 aliphatic rings. The summed E-state index contributed by atoms with van der Waals surface area (Å²) in [6, 6.07) is 11.7. The zero-order valence-electron chi connectivity index (χ0n) is 18.3. The number of fused-ring (bicyclic) bond motifs is 2. The summed E-state index contributed by atoms with van der Waals surface area (Å²) in [6.45, 7) is 0. The predicted molar refractivity (Wildman–Crippen MR) is 114 cm³/mol. The molecule has 1 N–H and O–H groups in total. The predicted octanol–water partition coefficient (Wildman–Crippen LogP) is 5.02. The number of carbonyl (C=O) groups excluding carboxylic acids is 1. The molecule has 0 saturated heterocycles. The van der Waals surface area contributed by atoms with Crippen LogP contribution < -0.4 is 5.32 Å². The van der Waals surface area contributed by atoms with Gasteiger partial charge >= 0.3 is 6.18 Å². The second-order valence-corrected chi connectivity index (χ2v) is 8.87. The second-order valence-electron chi connectivity index (χ2n) is 8.87. The maximum atomic E-state index is 13.5. The zero-order valence-corrected chi connectivity index (χ0v) is 18.3. The lowest BCUT2D eigenvalue weighted by molar-refractivity contribution is -0.220. The van der Waals surface area contributed by atoms with Gasteiger partial charge in [-0.2, -0.15) is 23.7 Å². The number of methoxy groups -OCH3 is 1. The smallest absolute Gasteiger partial charge is 0.394 e. The first kappa shape index (κ1) is 23.4. The Bertz CT molecular complexity index is 1190. The fourth-order valence-electron chi connectivity index (χ4n) is 5.15. The van der Waals surface area contributed by atoms with Crippen molar-refractivity contribution < 1.29 is 27.2 Å². The summed E-state index contributed by atoms with van der Waals surface area (Å²) >= 11 is 0. The number of anilines is 1. The maximum absolute atomic E-state index is 13.5. The minimum atomic E-state index is -4.23. The van der Waals surface area contributed by atoms with Crippen LogP contribution in [0.3, 0.4) is 0 Å². The Labute approximate surface area is 193 Å². The molecule has 34 heavy (non-hydrogen) atoms. The van der Waals surface area contributed by atoms with Gasteiger partial charge in [0.15, 0.2) is 11.3 Å². The molecule has 0 radical (unpaired) electrons. The minimum absolute atomic E-state index is 0.00694. The quantitative estimate of drug-likeness (QED) is 0.468. The molecule has 0 atom stereocenters. The lowest BCUT2D eigenvalue weighted by atomic mass is 9.80. The topological polar surface area (TPSA) is 112 Å². The Hall–Kier alpha value is -3.79. The largest absolute Gasteiger partial charge is 0.494 e. The van der Waals surface area contributed by atoms with Crippen molar-refractivity contribution in [1.29, 1.82) is 10.5 Å². The molecule has 1 aromatic carbocycles. The van der Waals surface area contributed by atoms with Gasteiger partial charge in [-0.1, -0.05) is 29.4 Å². The number of alkyl halides is 3. The maximum Gasteiger partial charge on any atom is 0.394 e. The van der Waals surface area contributed by atoms with Crippen LogP contribution in [0.5, 0.6) is 0 Å². The number of hydrogen-bond donors (Lipinski definition) is 1. The highest BCUT2D eigenvalue weighted by Gasteiger charge is 2.67. The van der Waals surface area contributed by atoms with E-state index in [-0.39, 0.29) is 48.8 Å². The molecular formula is C24H21F3N4O3.